The van der Waals surface area contributed by atoms with Gasteiger partial charge in [-0.2, -0.15) is 5.10 Å². The van der Waals surface area contributed by atoms with Crippen molar-refractivity contribution < 1.29 is 9.47 Å². The summed E-state index contributed by atoms with van der Waals surface area (Å²) in [6.07, 6.45) is 4.32. The van der Waals surface area contributed by atoms with E-state index in [1.165, 1.54) is 11.3 Å². The molecule has 2 rings (SSSR count). The van der Waals surface area contributed by atoms with Gasteiger partial charge in [-0.05, 0) is 44.2 Å². The number of nitrogens with zero attached hydrogens (tertiary/aromatic N) is 2. The van der Waals surface area contributed by atoms with Gasteiger partial charge >= 0.3 is 0 Å². The number of H-pyrrole nitrogens is 1. The van der Waals surface area contributed by atoms with Gasteiger partial charge in [-0.15, -0.1) is 0 Å². The van der Waals surface area contributed by atoms with E-state index < -0.39 is 0 Å². The average molecular weight is 367 g/mol. The molecule has 0 aliphatic heterocycles. The quantitative estimate of drug-likeness (QED) is 0.666. The van der Waals surface area contributed by atoms with Crippen LogP contribution in [-0.2, 0) is 16.0 Å². The van der Waals surface area contributed by atoms with Gasteiger partial charge in [0.15, 0.2) is 0 Å². The van der Waals surface area contributed by atoms with Gasteiger partial charge in [0.2, 0.25) is 0 Å². The van der Waals surface area contributed by atoms with Crippen LogP contribution in [0.1, 0.15) is 43.9 Å². The second-order valence-corrected chi connectivity index (χ2v) is 8.43. The Labute approximate surface area is 159 Å². The van der Waals surface area contributed by atoms with Crippen molar-refractivity contribution in [3.8, 4) is 0 Å². The van der Waals surface area contributed by atoms with Crippen LogP contribution in [0.2, 0.25) is 0 Å². The first-order valence-electron chi connectivity index (χ1n) is 9.77. The third-order valence-electron chi connectivity index (χ3n) is 6.30. The SMILES string of the molecule is CNCCN(C)Cc1c[nH]nc1C1CC(COC)C(C)(C)C(COC)C1. The lowest BCUT2D eigenvalue weighted by Gasteiger charge is -2.47. The lowest BCUT2D eigenvalue weighted by atomic mass is 9.59. The third kappa shape index (κ3) is 5.06. The molecule has 2 N–H and O–H groups in total. The highest BCUT2D eigenvalue weighted by Gasteiger charge is 2.44. The normalized spacial score (nSPS) is 25.7. The maximum absolute atomic E-state index is 5.56. The van der Waals surface area contributed by atoms with Gasteiger partial charge in [-0.1, -0.05) is 13.8 Å². The second kappa shape index (κ2) is 9.83. The van der Waals surface area contributed by atoms with Crippen LogP contribution in [0.4, 0.5) is 0 Å². The Morgan fingerprint density at radius 3 is 2.38 bits per heavy atom. The first-order chi connectivity index (χ1) is 12.4. The number of aromatic nitrogens is 2. The van der Waals surface area contributed by atoms with E-state index in [9.17, 15) is 0 Å². The van der Waals surface area contributed by atoms with E-state index in [0.717, 1.165) is 45.7 Å². The van der Waals surface area contributed by atoms with Gasteiger partial charge in [0.1, 0.15) is 0 Å². The summed E-state index contributed by atoms with van der Waals surface area (Å²) in [4.78, 5) is 2.34. The van der Waals surface area contributed by atoms with Crippen molar-refractivity contribution in [2.45, 2.75) is 39.2 Å². The fourth-order valence-corrected chi connectivity index (χ4v) is 4.39. The summed E-state index contributed by atoms with van der Waals surface area (Å²) in [5.41, 5.74) is 2.77. The summed E-state index contributed by atoms with van der Waals surface area (Å²) >= 11 is 0. The fourth-order valence-electron chi connectivity index (χ4n) is 4.39. The first-order valence-corrected chi connectivity index (χ1v) is 9.77. The van der Waals surface area contributed by atoms with Crippen molar-refractivity contribution in [2.24, 2.45) is 17.3 Å². The van der Waals surface area contributed by atoms with Crippen molar-refractivity contribution >= 4 is 0 Å². The molecular formula is C20H38N4O2. The molecule has 6 nitrogen and oxygen atoms in total. The molecule has 1 aliphatic rings. The number of aromatic amines is 1. The standard InChI is InChI=1S/C20H38N4O2/c1-20(2)17(13-25-5)9-15(10-18(20)14-26-6)19-16(11-22-23-19)12-24(4)8-7-21-3/h11,15,17-18,21H,7-10,12-14H2,1-6H3,(H,22,23). The zero-order chi connectivity index (χ0) is 19.2. The first kappa shape index (κ1) is 21.4. The summed E-state index contributed by atoms with van der Waals surface area (Å²) in [5.74, 6) is 1.48. The summed E-state index contributed by atoms with van der Waals surface area (Å²) in [6.45, 7) is 9.28. The number of nitrogens with one attached hydrogen (secondary N) is 2. The van der Waals surface area contributed by atoms with Crippen LogP contribution in [0.15, 0.2) is 6.20 Å². The van der Waals surface area contributed by atoms with Crippen molar-refractivity contribution in [2.75, 3.05) is 54.6 Å². The zero-order valence-corrected chi connectivity index (χ0v) is 17.5. The Hall–Kier alpha value is -0.950. The van der Waals surface area contributed by atoms with Gasteiger partial charge in [0.05, 0.1) is 5.69 Å². The molecule has 0 spiro atoms. The van der Waals surface area contributed by atoms with Gasteiger partial charge in [0, 0.05) is 64.7 Å². The third-order valence-corrected chi connectivity index (χ3v) is 6.30. The minimum absolute atomic E-state index is 0.211. The summed E-state index contributed by atoms with van der Waals surface area (Å²) in [5, 5.41) is 11.0. The van der Waals surface area contributed by atoms with Crippen molar-refractivity contribution in [3.63, 3.8) is 0 Å². The van der Waals surface area contributed by atoms with E-state index in [1.807, 2.05) is 21.3 Å². The number of methoxy groups -OCH3 is 2. The lowest BCUT2D eigenvalue weighted by Crippen LogP contribution is -2.43. The molecule has 26 heavy (non-hydrogen) atoms. The highest BCUT2D eigenvalue weighted by molar-refractivity contribution is 5.22. The van der Waals surface area contributed by atoms with E-state index in [2.05, 4.69) is 47.5 Å². The van der Waals surface area contributed by atoms with E-state index in [1.54, 1.807) is 0 Å². The molecule has 1 fully saturated rings. The van der Waals surface area contributed by atoms with Gasteiger partial charge in [0.25, 0.3) is 0 Å². The Bertz CT molecular complexity index is 514. The maximum atomic E-state index is 5.56. The lowest BCUT2D eigenvalue weighted by molar-refractivity contribution is -0.0344. The van der Waals surface area contributed by atoms with Crippen LogP contribution < -0.4 is 5.32 Å². The zero-order valence-electron chi connectivity index (χ0n) is 17.5. The maximum Gasteiger partial charge on any atom is 0.0698 e. The topological polar surface area (TPSA) is 62.4 Å². The van der Waals surface area contributed by atoms with Crippen LogP contribution in [0.25, 0.3) is 0 Å². The monoisotopic (exact) mass is 366 g/mol. The molecule has 1 aromatic rings. The Morgan fingerprint density at radius 1 is 1.23 bits per heavy atom. The van der Waals surface area contributed by atoms with E-state index in [0.29, 0.717) is 17.8 Å². The molecule has 0 saturated heterocycles. The Morgan fingerprint density at radius 2 is 1.85 bits per heavy atom. The molecule has 1 heterocycles. The number of rotatable bonds is 10. The number of hydrogen-bond donors (Lipinski definition) is 2. The van der Waals surface area contributed by atoms with Gasteiger partial charge in [-0.3, -0.25) is 5.10 Å². The predicted molar refractivity (Wildman–Crippen MR) is 105 cm³/mol. The van der Waals surface area contributed by atoms with Crippen LogP contribution in [0.3, 0.4) is 0 Å². The summed E-state index contributed by atoms with van der Waals surface area (Å²) < 4.78 is 11.1. The van der Waals surface area contributed by atoms with Crippen LogP contribution >= 0.6 is 0 Å². The van der Waals surface area contributed by atoms with E-state index in [4.69, 9.17) is 9.47 Å². The summed E-state index contributed by atoms with van der Waals surface area (Å²) in [7, 11) is 7.77. The van der Waals surface area contributed by atoms with Crippen LogP contribution in [0, 0.1) is 17.3 Å². The molecule has 0 radical (unpaired) electrons. The van der Waals surface area contributed by atoms with Crippen molar-refractivity contribution in [3.05, 3.63) is 17.5 Å². The predicted octanol–water partition coefficient (Wildman–Crippen LogP) is 2.49. The van der Waals surface area contributed by atoms with Crippen LogP contribution in [-0.4, -0.2) is 69.7 Å². The number of ether oxygens (including phenoxy) is 2. The minimum Gasteiger partial charge on any atom is -0.384 e. The number of hydrogen-bond acceptors (Lipinski definition) is 5. The van der Waals surface area contributed by atoms with E-state index >= 15 is 0 Å². The van der Waals surface area contributed by atoms with Crippen molar-refractivity contribution in [1.82, 2.24) is 20.4 Å². The average Bonchev–Trinajstić information content (AvgIpc) is 3.05. The molecule has 1 aromatic heterocycles. The van der Waals surface area contributed by atoms with E-state index in [-0.39, 0.29) is 5.41 Å². The van der Waals surface area contributed by atoms with Gasteiger partial charge in [-0.25, -0.2) is 0 Å². The highest BCUT2D eigenvalue weighted by atomic mass is 16.5. The molecule has 1 aliphatic carbocycles. The Balaban J connectivity index is 2.16. The molecule has 2 atom stereocenters. The highest BCUT2D eigenvalue weighted by Crippen LogP contribution is 2.50. The fraction of sp³-hybridized carbons (Fsp3) is 0.850. The minimum atomic E-state index is 0.211. The smallest absolute Gasteiger partial charge is 0.0698 e. The molecule has 150 valence electrons. The molecule has 1 saturated carbocycles. The second-order valence-electron chi connectivity index (χ2n) is 8.43. The van der Waals surface area contributed by atoms with Gasteiger partial charge < -0.3 is 19.7 Å². The molecule has 2 unspecified atom stereocenters. The van der Waals surface area contributed by atoms with Crippen molar-refractivity contribution in [1.29, 1.82) is 0 Å². The molecular weight excluding hydrogens is 328 g/mol. The molecule has 6 heteroatoms. The molecule has 0 bridgehead atoms. The molecule has 0 aromatic carbocycles. The number of likely N-dealkylation sites (N-methyl/N-ethyl adjacent to an activating group) is 2. The Kier molecular flexibility index (Phi) is 8.07. The summed E-state index contributed by atoms with van der Waals surface area (Å²) in [6, 6.07) is 0. The molecule has 0 amide bonds. The van der Waals surface area contributed by atoms with Crippen LogP contribution in [0.5, 0.6) is 0 Å². The largest absolute Gasteiger partial charge is 0.384 e.